The Morgan fingerprint density at radius 1 is 1.23 bits per heavy atom. The van der Waals surface area contributed by atoms with Crippen molar-refractivity contribution in [2.24, 2.45) is 5.92 Å². The first-order valence-corrected chi connectivity index (χ1v) is 11.3. The second-order valence-electron chi connectivity index (χ2n) is 8.62. The second kappa shape index (κ2) is 10.7. The molecule has 1 aromatic carbocycles. The largest absolute Gasteiger partial charge is 0.390 e. The third-order valence-corrected chi connectivity index (χ3v) is 6.23. The summed E-state index contributed by atoms with van der Waals surface area (Å²) in [5.41, 5.74) is 3.27. The highest BCUT2D eigenvalue weighted by atomic mass is 16.3. The number of aliphatic hydroxyl groups is 1. The zero-order valence-corrected chi connectivity index (χ0v) is 18.0. The van der Waals surface area contributed by atoms with Crippen LogP contribution in [0, 0.1) is 5.92 Å². The fourth-order valence-electron chi connectivity index (χ4n) is 4.39. The van der Waals surface area contributed by atoms with Gasteiger partial charge in [-0.15, -0.1) is 0 Å². The first kappa shape index (κ1) is 21.7. The number of rotatable bonds is 8. The molecule has 7 heteroatoms. The van der Waals surface area contributed by atoms with E-state index in [0.717, 1.165) is 57.8 Å². The van der Waals surface area contributed by atoms with E-state index in [0.29, 0.717) is 18.0 Å². The fraction of sp³-hybridized carbons (Fsp3) is 0.500. The Balaban J connectivity index is 1.22. The van der Waals surface area contributed by atoms with Gasteiger partial charge in [0.05, 0.1) is 6.10 Å². The first-order chi connectivity index (χ1) is 15.2. The van der Waals surface area contributed by atoms with Crippen molar-refractivity contribution in [1.29, 1.82) is 0 Å². The number of anilines is 1. The molecule has 1 amide bonds. The molecule has 7 nitrogen and oxygen atoms in total. The molecule has 0 aliphatic carbocycles. The van der Waals surface area contributed by atoms with Crippen molar-refractivity contribution >= 4 is 11.7 Å². The van der Waals surface area contributed by atoms with E-state index in [1.165, 1.54) is 11.1 Å². The molecule has 1 fully saturated rings. The molecule has 0 radical (unpaired) electrons. The molecule has 2 aliphatic rings. The summed E-state index contributed by atoms with van der Waals surface area (Å²) in [5, 5.41) is 20.0. The number of carbonyl (C=O) groups is 1. The normalized spacial score (nSPS) is 18.2. The van der Waals surface area contributed by atoms with Crippen LogP contribution < -0.4 is 16.0 Å². The van der Waals surface area contributed by atoms with Gasteiger partial charge in [0, 0.05) is 44.5 Å². The molecule has 1 saturated heterocycles. The molecule has 1 unspecified atom stereocenters. The molecule has 0 spiro atoms. The van der Waals surface area contributed by atoms with E-state index in [1.807, 2.05) is 0 Å². The number of fused-ring (bicyclic) bond motifs is 1. The Bertz CT molecular complexity index is 869. The lowest BCUT2D eigenvalue weighted by molar-refractivity contribution is 0.0842. The minimum Gasteiger partial charge on any atom is -0.390 e. The number of benzene rings is 1. The summed E-state index contributed by atoms with van der Waals surface area (Å²) < 4.78 is 0. The number of hydrogen-bond acceptors (Lipinski definition) is 6. The van der Waals surface area contributed by atoms with E-state index in [-0.39, 0.29) is 12.5 Å². The quantitative estimate of drug-likeness (QED) is 0.516. The number of aliphatic hydroxyl groups excluding tert-OH is 1. The number of pyridine rings is 1. The maximum Gasteiger partial charge on any atom is 0.251 e. The molecule has 166 valence electrons. The van der Waals surface area contributed by atoms with E-state index in [1.54, 1.807) is 18.3 Å². The van der Waals surface area contributed by atoms with Gasteiger partial charge in [-0.2, -0.15) is 0 Å². The van der Waals surface area contributed by atoms with Crippen LogP contribution in [0.1, 0.15) is 34.3 Å². The first-order valence-electron chi connectivity index (χ1n) is 11.3. The van der Waals surface area contributed by atoms with Crippen molar-refractivity contribution in [3.63, 3.8) is 0 Å². The molecule has 1 aromatic heterocycles. The average molecular weight is 424 g/mol. The predicted octanol–water partition coefficient (Wildman–Crippen LogP) is 1.64. The number of β-amino-alcohol motifs (C(OH)–C–C–N with tert-alkyl or cyclic N) is 1. The monoisotopic (exact) mass is 423 g/mol. The van der Waals surface area contributed by atoms with E-state index in [4.69, 9.17) is 0 Å². The van der Waals surface area contributed by atoms with Crippen LogP contribution in [0.5, 0.6) is 0 Å². The smallest absolute Gasteiger partial charge is 0.251 e. The third-order valence-electron chi connectivity index (χ3n) is 6.23. The highest BCUT2D eigenvalue weighted by Crippen LogP contribution is 2.18. The summed E-state index contributed by atoms with van der Waals surface area (Å²) in [7, 11) is 0. The number of carbonyl (C=O) groups excluding carboxylic acids is 1. The van der Waals surface area contributed by atoms with E-state index in [9.17, 15) is 9.90 Å². The lowest BCUT2D eigenvalue weighted by Crippen LogP contribution is -2.42. The highest BCUT2D eigenvalue weighted by Gasteiger charge is 2.19. The van der Waals surface area contributed by atoms with Crippen LogP contribution in [0.3, 0.4) is 0 Å². The molecule has 4 rings (SSSR count). The summed E-state index contributed by atoms with van der Waals surface area (Å²) in [6.45, 7) is 5.56. The lowest BCUT2D eigenvalue weighted by Gasteiger charge is -2.30. The minimum atomic E-state index is -0.603. The molecular formula is C24H33N5O2. The Morgan fingerprint density at radius 2 is 2.03 bits per heavy atom. The van der Waals surface area contributed by atoms with Crippen LogP contribution >= 0.6 is 0 Å². The van der Waals surface area contributed by atoms with Gasteiger partial charge >= 0.3 is 0 Å². The molecule has 1 atom stereocenters. The predicted molar refractivity (Wildman–Crippen MR) is 122 cm³/mol. The van der Waals surface area contributed by atoms with Crippen LogP contribution in [0.15, 0.2) is 42.6 Å². The molecule has 2 aromatic rings. The van der Waals surface area contributed by atoms with Crippen LogP contribution in [0.4, 0.5) is 5.82 Å². The van der Waals surface area contributed by atoms with E-state index >= 15 is 0 Å². The standard InChI is InChI=1S/C24H33N5O2/c30-22(17-29-12-8-19-3-1-2-4-21(19)16-29)15-28-24(31)20-7-11-26-23(13-20)27-14-18-5-9-25-10-6-18/h1-4,7,11,13,18,22,25,30H,5-6,8-10,12,14-17H2,(H,26,27)(H,28,31). The Kier molecular flexibility index (Phi) is 7.51. The van der Waals surface area contributed by atoms with Crippen molar-refractivity contribution in [2.75, 3.05) is 44.6 Å². The molecule has 2 aliphatic heterocycles. The lowest BCUT2D eigenvalue weighted by atomic mass is 9.98. The van der Waals surface area contributed by atoms with Crippen LogP contribution in [-0.4, -0.2) is 66.3 Å². The summed E-state index contributed by atoms with van der Waals surface area (Å²) in [6, 6.07) is 11.9. The Hall–Kier alpha value is -2.48. The van der Waals surface area contributed by atoms with E-state index in [2.05, 4.69) is 50.1 Å². The second-order valence-corrected chi connectivity index (χ2v) is 8.62. The van der Waals surface area contributed by atoms with E-state index < -0.39 is 6.10 Å². The van der Waals surface area contributed by atoms with Gasteiger partial charge in [-0.05, 0) is 61.5 Å². The van der Waals surface area contributed by atoms with Gasteiger partial charge in [-0.3, -0.25) is 9.69 Å². The summed E-state index contributed by atoms with van der Waals surface area (Å²) >= 11 is 0. The third kappa shape index (κ3) is 6.26. The number of nitrogens with zero attached hydrogens (tertiary/aromatic N) is 2. The van der Waals surface area contributed by atoms with Gasteiger partial charge in [-0.1, -0.05) is 24.3 Å². The highest BCUT2D eigenvalue weighted by molar-refractivity contribution is 5.94. The van der Waals surface area contributed by atoms with Crippen LogP contribution in [0.2, 0.25) is 0 Å². The Labute approximate surface area is 184 Å². The zero-order valence-electron chi connectivity index (χ0n) is 18.0. The SMILES string of the molecule is O=C(NCC(O)CN1CCc2ccccc2C1)c1ccnc(NCC2CCNCC2)c1. The molecule has 3 heterocycles. The molecule has 31 heavy (non-hydrogen) atoms. The van der Waals surface area contributed by atoms with Crippen LogP contribution in [0.25, 0.3) is 0 Å². The summed E-state index contributed by atoms with van der Waals surface area (Å²) in [5.74, 6) is 1.17. The van der Waals surface area contributed by atoms with Crippen molar-refractivity contribution < 1.29 is 9.90 Å². The van der Waals surface area contributed by atoms with Gasteiger partial charge in [0.1, 0.15) is 5.82 Å². The average Bonchev–Trinajstić information content (AvgIpc) is 2.82. The number of hydrogen-bond donors (Lipinski definition) is 4. The molecule has 0 saturated carbocycles. The summed E-state index contributed by atoms with van der Waals surface area (Å²) in [6.07, 6.45) is 4.37. The number of piperidine rings is 1. The molecule has 4 N–H and O–H groups in total. The molecular weight excluding hydrogens is 390 g/mol. The van der Waals surface area contributed by atoms with Crippen molar-refractivity contribution in [3.05, 3.63) is 59.3 Å². The van der Waals surface area contributed by atoms with Gasteiger partial charge < -0.3 is 21.1 Å². The number of nitrogens with one attached hydrogen (secondary N) is 3. The number of amides is 1. The van der Waals surface area contributed by atoms with Gasteiger partial charge in [-0.25, -0.2) is 4.98 Å². The number of aromatic nitrogens is 1. The van der Waals surface area contributed by atoms with Gasteiger partial charge in [0.15, 0.2) is 0 Å². The fourth-order valence-corrected chi connectivity index (χ4v) is 4.39. The topological polar surface area (TPSA) is 89.5 Å². The zero-order chi connectivity index (χ0) is 21.5. The van der Waals surface area contributed by atoms with Gasteiger partial charge in [0.2, 0.25) is 0 Å². The van der Waals surface area contributed by atoms with Crippen molar-refractivity contribution in [2.45, 2.75) is 31.9 Å². The van der Waals surface area contributed by atoms with Gasteiger partial charge in [0.25, 0.3) is 5.91 Å². The minimum absolute atomic E-state index is 0.185. The van der Waals surface area contributed by atoms with Crippen molar-refractivity contribution in [1.82, 2.24) is 20.5 Å². The summed E-state index contributed by atoms with van der Waals surface area (Å²) in [4.78, 5) is 19.1. The molecule has 0 bridgehead atoms. The Morgan fingerprint density at radius 3 is 2.87 bits per heavy atom. The maximum absolute atomic E-state index is 12.6. The maximum atomic E-state index is 12.6. The van der Waals surface area contributed by atoms with Crippen molar-refractivity contribution in [3.8, 4) is 0 Å². The van der Waals surface area contributed by atoms with Crippen LogP contribution in [-0.2, 0) is 13.0 Å².